The number of nitrogens with zero attached hydrogens (tertiary/aromatic N) is 2. The van der Waals surface area contributed by atoms with E-state index in [0.29, 0.717) is 12.2 Å². The van der Waals surface area contributed by atoms with Crippen LogP contribution in [0, 0.1) is 0 Å². The SMILES string of the molecule is O=C(CCSc1nc(-c2ccccc2)c(-c2ccccc2)[nH]1)Nc1ccncc1. The van der Waals surface area contributed by atoms with Crippen LogP contribution in [-0.4, -0.2) is 26.6 Å². The molecule has 1 amide bonds. The van der Waals surface area contributed by atoms with Crippen molar-refractivity contribution in [2.24, 2.45) is 0 Å². The van der Waals surface area contributed by atoms with Gasteiger partial charge in [0.2, 0.25) is 5.91 Å². The molecular weight excluding hydrogens is 380 g/mol. The molecule has 4 rings (SSSR count). The van der Waals surface area contributed by atoms with E-state index in [1.807, 2.05) is 36.4 Å². The Morgan fingerprint density at radius 1 is 0.897 bits per heavy atom. The fourth-order valence-electron chi connectivity index (χ4n) is 2.94. The molecule has 0 bridgehead atoms. The lowest BCUT2D eigenvalue weighted by Gasteiger charge is -2.03. The van der Waals surface area contributed by atoms with Gasteiger partial charge in [0.05, 0.1) is 11.4 Å². The van der Waals surface area contributed by atoms with Gasteiger partial charge in [-0.2, -0.15) is 0 Å². The van der Waals surface area contributed by atoms with Gasteiger partial charge in [0.25, 0.3) is 0 Å². The summed E-state index contributed by atoms with van der Waals surface area (Å²) in [5.74, 6) is 0.606. The molecule has 2 heterocycles. The zero-order valence-corrected chi connectivity index (χ0v) is 16.5. The first-order valence-corrected chi connectivity index (χ1v) is 10.3. The van der Waals surface area contributed by atoms with Crippen molar-refractivity contribution < 1.29 is 4.79 Å². The number of hydrogen-bond acceptors (Lipinski definition) is 4. The first-order valence-electron chi connectivity index (χ1n) is 9.33. The lowest BCUT2D eigenvalue weighted by molar-refractivity contribution is -0.115. The molecule has 144 valence electrons. The van der Waals surface area contributed by atoms with Crippen molar-refractivity contribution in [1.82, 2.24) is 15.0 Å². The minimum Gasteiger partial charge on any atom is -0.332 e. The van der Waals surface area contributed by atoms with Crippen LogP contribution in [-0.2, 0) is 4.79 Å². The summed E-state index contributed by atoms with van der Waals surface area (Å²) < 4.78 is 0. The number of aromatic nitrogens is 3. The highest BCUT2D eigenvalue weighted by atomic mass is 32.2. The molecule has 0 spiro atoms. The maximum Gasteiger partial charge on any atom is 0.225 e. The second-order valence-electron chi connectivity index (χ2n) is 6.38. The summed E-state index contributed by atoms with van der Waals surface area (Å²) in [7, 11) is 0. The quantitative estimate of drug-likeness (QED) is 0.415. The second kappa shape index (κ2) is 9.21. The number of benzene rings is 2. The Balaban J connectivity index is 1.47. The van der Waals surface area contributed by atoms with E-state index >= 15 is 0 Å². The van der Waals surface area contributed by atoms with Gasteiger partial charge in [-0.15, -0.1) is 0 Å². The molecule has 0 aliphatic rings. The smallest absolute Gasteiger partial charge is 0.225 e. The normalized spacial score (nSPS) is 10.6. The minimum atomic E-state index is -0.0261. The molecule has 5 nitrogen and oxygen atoms in total. The molecule has 0 aliphatic carbocycles. The number of H-pyrrole nitrogens is 1. The maximum atomic E-state index is 12.1. The van der Waals surface area contributed by atoms with Gasteiger partial charge >= 0.3 is 0 Å². The lowest BCUT2D eigenvalue weighted by Crippen LogP contribution is -2.12. The number of pyridine rings is 1. The summed E-state index contributed by atoms with van der Waals surface area (Å²) in [6.45, 7) is 0. The predicted molar refractivity (Wildman–Crippen MR) is 118 cm³/mol. The van der Waals surface area contributed by atoms with Crippen LogP contribution >= 0.6 is 11.8 Å². The first kappa shape index (κ1) is 19.0. The number of imidazole rings is 1. The van der Waals surface area contributed by atoms with Crippen LogP contribution in [0.2, 0.25) is 0 Å². The number of nitrogens with one attached hydrogen (secondary N) is 2. The zero-order chi connectivity index (χ0) is 19.9. The topological polar surface area (TPSA) is 70.7 Å². The highest BCUT2D eigenvalue weighted by molar-refractivity contribution is 7.99. The Bertz CT molecular complexity index is 1010. The average molecular weight is 401 g/mol. The molecule has 4 aromatic rings. The zero-order valence-electron chi connectivity index (χ0n) is 15.7. The fourth-order valence-corrected chi connectivity index (χ4v) is 3.75. The van der Waals surface area contributed by atoms with E-state index < -0.39 is 0 Å². The number of amides is 1. The molecule has 2 N–H and O–H groups in total. The molecule has 0 unspecified atom stereocenters. The largest absolute Gasteiger partial charge is 0.332 e. The Morgan fingerprint density at radius 3 is 2.24 bits per heavy atom. The van der Waals surface area contributed by atoms with E-state index in [1.165, 1.54) is 0 Å². The number of thioether (sulfide) groups is 1. The second-order valence-corrected chi connectivity index (χ2v) is 7.46. The highest BCUT2D eigenvalue weighted by Gasteiger charge is 2.14. The van der Waals surface area contributed by atoms with Crippen LogP contribution < -0.4 is 5.32 Å². The van der Waals surface area contributed by atoms with E-state index in [0.717, 1.165) is 33.4 Å². The third-order valence-corrected chi connectivity index (χ3v) is 5.20. The van der Waals surface area contributed by atoms with Crippen molar-refractivity contribution in [2.45, 2.75) is 11.6 Å². The van der Waals surface area contributed by atoms with Crippen LogP contribution in [0.5, 0.6) is 0 Å². The Morgan fingerprint density at radius 2 is 1.55 bits per heavy atom. The highest BCUT2D eigenvalue weighted by Crippen LogP contribution is 2.32. The summed E-state index contributed by atoms with van der Waals surface area (Å²) in [4.78, 5) is 24.3. The van der Waals surface area contributed by atoms with E-state index in [-0.39, 0.29) is 5.91 Å². The van der Waals surface area contributed by atoms with Crippen LogP contribution in [0.25, 0.3) is 22.5 Å². The van der Waals surface area contributed by atoms with Crippen LogP contribution in [0.4, 0.5) is 5.69 Å². The van der Waals surface area contributed by atoms with Crippen LogP contribution in [0.1, 0.15) is 6.42 Å². The molecule has 0 fully saturated rings. The van der Waals surface area contributed by atoms with Gasteiger partial charge in [0, 0.05) is 41.4 Å². The van der Waals surface area contributed by atoms with Crippen molar-refractivity contribution in [1.29, 1.82) is 0 Å². The standard InChI is InChI=1S/C23H20N4OS/c28-20(25-19-11-14-24-15-12-19)13-16-29-23-26-21(17-7-3-1-4-8-17)22(27-23)18-9-5-2-6-10-18/h1-12,14-15H,13,16H2,(H,26,27)(H,24,25,28). The van der Waals surface area contributed by atoms with Crippen LogP contribution in [0.15, 0.2) is 90.3 Å². The third kappa shape index (κ3) is 4.92. The maximum absolute atomic E-state index is 12.1. The van der Waals surface area contributed by atoms with Crippen LogP contribution in [0.3, 0.4) is 0 Å². The van der Waals surface area contributed by atoms with Crippen molar-refractivity contribution in [2.75, 3.05) is 11.1 Å². The predicted octanol–water partition coefficient (Wildman–Crippen LogP) is 5.26. The molecule has 0 saturated carbocycles. The molecule has 0 atom stereocenters. The van der Waals surface area contributed by atoms with Gasteiger partial charge in [0.1, 0.15) is 0 Å². The Labute approximate surface area is 173 Å². The van der Waals surface area contributed by atoms with Crippen molar-refractivity contribution >= 4 is 23.4 Å². The summed E-state index contributed by atoms with van der Waals surface area (Å²) in [6.07, 6.45) is 3.71. The van der Waals surface area contributed by atoms with Gasteiger partial charge in [-0.1, -0.05) is 72.4 Å². The van der Waals surface area contributed by atoms with Gasteiger partial charge < -0.3 is 10.3 Å². The minimum absolute atomic E-state index is 0.0261. The number of carbonyl (C=O) groups excluding carboxylic acids is 1. The van der Waals surface area contributed by atoms with Crippen molar-refractivity contribution in [3.8, 4) is 22.5 Å². The summed E-state index contributed by atoms with van der Waals surface area (Å²) in [6, 6.07) is 23.8. The molecule has 2 aromatic heterocycles. The summed E-state index contributed by atoms with van der Waals surface area (Å²) in [5, 5.41) is 3.68. The van der Waals surface area contributed by atoms with Crippen molar-refractivity contribution in [3.05, 3.63) is 85.2 Å². The Hall–Kier alpha value is -3.38. The molecule has 0 radical (unpaired) electrons. The molecule has 6 heteroatoms. The fraction of sp³-hybridized carbons (Fsp3) is 0.0870. The Kier molecular flexibility index (Phi) is 6.02. The number of carbonyl (C=O) groups is 1. The molecule has 0 saturated heterocycles. The average Bonchev–Trinajstić information content (AvgIpc) is 3.20. The van der Waals surface area contributed by atoms with Gasteiger partial charge in [-0.05, 0) is 12.1 Å². The van der Waals surface area contributed by atoms with E-state index in [2.05, 4.69) is 39.6 Å². The number of aromatic amines is 1. The monoisotopic (exact) mass is 400 g/mol. The first-order chi connectivity index (χ1) is 14.3. The molecule has 2 aromatic carbocycles. The molecular formula is C23H20N4OS. The van der Waals surface area contributed by atoms with E-state index in [1.54, 1.807) is 36.3 Å². The van der Waals surface area contributed by atoms with Gasteiger partial charge in [-0.25, -0.2) is 4.98 Å². The molecule has 0 aliphatic heterocycles. The van der Waals surface area contributed by atoms with Gasteiger partial charge in [-0.3, -0.25) is 9.78 Å². The number of hydrogen-bond donors (Lipinski definition) is 2. The number of anilines is 1. The van der Waals surface area contributed by atoms with E-state index in [9.17, 15) is 4.79 Å². The van der Waals surface area contributed by atoms with Gasteiger partial charge in [0.15, 0.2) is 5.16 Å². The van der Waals surface area contributed by atoms with E-state index in [4.69, 9.17) is 4.98 Å². The molecule has 29 heavy (non-hydrogen) atoms. The summed E-state index contributed by atoms with van der Waals surface area (Å²) >= 11 is 1.54. The number of rotatable bonds is 7. The lowest BCUT2D eigenvalue weighted by atomic mass is 10.1. The third-order valence-electron chi connectivity index (χ3n) is 4.32. The summed E-state index contributed by atoms with van der Waals surface area (Å²) in [5.41, 5.74) is 4.80. The van der Waals surface area contributed by atoms with Crippen molar-refractivity contribution in [3.63, 3.8) is 0 Å².